The van der Waals surface area contributed by atoms with Gasteiger partial charge in [0.15, 0.2) is 0 Å². The van der Waals surface area contributed by atoms with E-state index in [0.717, 1.165) is 12.4 Å². The second-order valence-electron chi connectivity index (χ2n) is 2.92. The Hall–Kier alpha value is -1.36. The summed E-state index contributed by atoms with van der Waals surface area (Å²) in [5.74, 6) is 0.844. The lowest BCUT2D eigenvalue weighted by molar-refractivity contribution is 0.184. The number of hydrogen-bond acceptors (Lipinski definition) is 4. The van der Waals surface area contributed by atoms with E-state index in [0.29, 0.717) is 12.2 Å². The van der Waals surface area contributed by atoms with E-state index in [1.165, 1.54) is 0 Å². The molecule has 0 aromatic carbocycles. The Morgan fingerprint density at radius 2 is 2.62 bits per heavy atom. The van der Waals surface area contributed by atoms with Crippen LogP contribution in [-0.2, 0) is 6.54 Å². The van der Waals surface area contributed by atoms with Crippen molar-refractivity contribution in [3.8, 4) is 0 Å². The van der Waals surface area contributed by atoms with Gasteiger partial charge in [0.25, 0.3) is 0 Å². The SMILES string of the molecule is CCn1cnc2c1NC=NC[C@H]2O. The number of aryl methyl sites for hydroxylation is 1. The highest BCUT2D eigenvalue weighted by molar-refractivity contribution is 5.76. The van der Waals surface area contributed by atoms with Crippen molar-refractivity contribution in [3.63, 3.8) is 0 Å². The first kappa shape index (κ1) is 8.25. The fourth-order valence-electron chi connectivity index (χ4n) is 1.38. The molecule has 0 saturated carbocycles. The summed E-state index contributed by atoms with van der Waals surface area (Å²) in [7, 11) is 0. The summed E-state index contributed by atoms with van der Waals surface area (Å²) in [5.41, 5.74) is 0.680. The molecular weight excluding hydrogens is 168 g/mol. The van der Waals surface area contributed by atoms with E-state index in [4.69, 9.17) is 0 Å². The van der Waals surface area contributed by atoms with Crippen molar-refractivity contribution in [2.45, 2.75) is 19.6 Å². The molecule has 0 aliphatic carbocycles. The zero-order valence-corrected chi connectivity index (χ0v) is 7.44. The molecular formula is C8H12N4O. The number of fused-ring (bicyclic) bond motifs is 1. The van der Waals surface area contributed by atoms with E-state index < -0.39 is 6.10 Å². The van der Waals surface area contributed by atoms with Gasteiger partial charge in [-0.25, -0.2) is 4.98 Å². The van der Waals surface area contributed by atoms with Gasteiger partial charge in [0.2, 0.25) is 0 Å². The minimum atomic E-state index is -0.589. The molecule has 2 rings (SSSR count). The molecule has 2 N–H and O–H groups in total. The summed E-state index contributed by atoms with van der Waals surface area (Å²) in [5, 5.41) is 12.6. The number of hydrogen-bond donors (Lipinski definition) is 2. The van der Waals surface area contributed by atoms with Gasteiger partial charge >= 0.3 is 0 Å². The van der Waals surface area contributed by atoms with Crippen molar-refractivity contribution < 1.29 is 5.11 Å². The van der Waals surface area contributed by atoms with Gasteiger partial charge < -0.3 is 15.0 Å². The number of aliphatic hydroxyl groups excluding tert-OH is 1. The molecule has 1 atom stereocenters. The first-order valence-corrected chi connectivity index (χ1v) is 4.31. The number of aromatic nitrogens is 2. The van der Waals surface area contributed by atoms with Crippen LogP contribution in [0.15, 0.2) is 11.3 Å². The minimum absolute atomic E-state index is 0.376. The molecule has 70 valence electrons. The van der Waals surface area contributed by atoms with Gasteiger partial charge in [-0.2, -0.15) is 0 Å². The first-order valence-electron chi connectivity index (χ1n) is 4.31. The Kier molecular flexibility index (Phi) is 2.02. The zero-order chi connectivity index (χ0) is 9.26. The number of nitrogens with zero attached hydrogens (tertiary/aromatic N) is 3. The van der Waals surface area contributed by atoms with Crippen molar-refractivity contribution >= 4 is 12.2 Å². The summed E-state index contributed by atoms with van der Waals surface area (Å²) in [6.07, 6.45) is 2.73. The lowest BCUT2D eigenvalue weighted by Crippen LogP contribution is -2.05. The molecule has 0 amide bonds. The van der Waals surface area contributed by atoms with E-state index in [2.05, 4.69) is 15.3 Å². The number of anilines is 1. The third kappa shape index (κ3) is 1.31. The van der Waals surface area contributed by atoms with Crippen LogP contribution in [0.3, 0.4) is 0 Å². The standard InChI is InChI=1S/C8H12N4O/c1-2-12-5-11-7-6(13)3-9-4-10-8(7)12/h4-6,13H,2-3H2,1H3,(H,9,10)/t6-/m1/s1. The Bertz CT molecular complexity index is 331. The largest absolute Gasteiger partial charge is 0.385 e. The number of imidazole rings is 1. The van der Waals surface area contributed by atoms with Crippen LogP contribution in [0, 0.1) is 0 Å². The molecule has 1 aromatic heterocycles. The van der Waals surface area contributed by atoms with Crippen LogP contribution in [0.2, 0.25) is 0 Å². The molecule has 13 heavy (non-hydrogen) atoms. The van der Waals surface area contributed by atoms with Crippen LogP contribution in [-0.4, -0.2) is 27.5 Å². The molecule has 1 aliphatic rings. The molecule has 2 heterocycles. The van der Waals surface area contributed by atoms with E-state index in [1.54, 1.807) is 12.7 Å². The molecule has 0 fully saturated rings. The predicted octanol–water partition coefficient (Wildman–Crippen LogP) is 0.390. The van der Waals surface area contributed by atoms with Gasteiger partial charge in [-0.15, -0.1) is 0 Å². The van der Waals surface area contributed by atoms with Gasteiger partial charge in [0.1, 0.15) is 17.6 Å². The van der Waals surface area contributed by atoms with Crippen molar-refractivity contribution in [2.75, 3.05) is 11.9 Å². The highest BCUT2D eigenvalue weighted by atomic mass is 16.3. The van der Waals surface area contributed by atoms with Gasteiger partial charge in [-0.3, -0.25) is 4.99 Å². The van der Waals surface area contributed by atoms with Crippen LogP contribution >= 0.6 is 0 Å². The normalized spacial score (nSPS) is 20.6. The predicted molar refractivity (Wildman–Crippen MR) is 49.8 cm³/mol. The van der Waals surface area contributed by atoms with Crippen molar-refractivity contribution in [1.29, 1.82) is 0 Å². The average Bonchev–Trinajstić information content (AvgIpc) is 2.47. The molecule has 0 bridgehead atoms. The maximum absolute atomic E-state index is 9.62. The van der Waals surface area contributed by atoms with Crippen molar-refractivity contribution in [3.05, 3.63) is 12.0 Å². The molecule has 1 aromatic rings. The highest BCUT2D eigenvalue weighted by Crippen LogP contribution is 2.22. The maximum Gasteiger partial charge on any atom is 0.137 e. The fraction of sp³-hybridized carbons (Fsp3) is 0.500. The maximum atomic E-state index is 9.62. The van der Waals surface area contributed by atoms with Crippen LogP contribution in [0.4, 0.5) is 5.82 Å². The topological polar surface area (TPSA) is 62.4 Å². The fourth-order valence-corrected chi connectivity index (χ4v) is 1.38. The Balaban J connectivity index is 2.44. The minimum Gasteiger partial charge on any atom is -0.385 e. The van der Waals surface area contributed by atoms with Crippen molar-refractivity contribution in [1.82, 2.24) is 9.55 Å². The van der Waals surface area contributed by atoms with E-state index in [9.17, 15) is 5.11 Å². The summed E-state index contributed by atoms with van der Waals surface area (Å²) in [6, 6.07) is 0. The van der Waals surface area contributed by atoms with Gasteiger partial charge in [-0.05, 0) is 6.92 Å². The second-order valence-corrected chi connectivity index (χ2v) is 2.92. The zero-order valence-electron chi connectivity index (χ0n) is 7.44. The number of aliphatic hydroxyl groups is 1. The molecule has 0 unspecified atom stereocenters. The molecule has 1 aliphatic heterocycles. The number of nitrogens with one attached hydrogen (secondary N) is 1. The Labute approximate surface area is 76.1 Å². The highest BCUT2D eigenvalue weighted by Gasteiger charge is 2.18. The molecule has 0 radical (unpaired) electrons. The van der Waals surface area contributed by atoms with E-state index >= 15 is 0 Å². The molecule has 0 spiro atoms. The van der Waals surface area contributed by atoms with Crippen LogP contribution in [0.25, 0.3) is 0 Å². The van der Waals surface area contributed by atoms with Gasteiger partial charge in [0.05, 0.1) is 19.2 Å². The van der Waals surface area contributed by atoms with Gasteiger partial charge in [0, 0.05) is 6.54 Å². The van der Waals surface area contributed by atoms with Crippen LogP contribution in [0.1, 0.15) is 18.7 Å². The number of rotatable bonds is 1. The van der Waals surface area contributed by atoms with Crippen LogP contribution < -0.4 is 5.32 Å². The number of aliphatic imine (C=N–C) groups is 1. The van der Waals surface area contributed by atoms with E-state index in [-0.39, 0.29) is 0 Å². The summed E-state index contributed by atoms with van der Waals surface area (Å²) in [6.45, 7) is 3.23. The third-order valence-electron chi connectivity index (χ3n) is 2.09. The summed E-state index contributed by atoms with van der Waals surface area (Å²) < 4.78 is 1.94. The monoisotopic (exact) mass is 180 g/mol. The van der Waals surface area contributed by atoms with Gasteiger partial charge in [-0.1, -0.05) is 0 Å². The second kappa shape index (κ2) is 3.18. The lowest BCUT2D eigenvalue weighted by atomic mass is 10.2. The summed E-state index contributed by atoms with van der Waals surface area (Å²) in [4.78, 5) is 8.11. The lowest BCUT2D eigenvalue weighted by Gasteiger charge is -2.06. The quantitative estimate of drug-likeness (QED) is 0.657. The van der Waals surface area contributed by atoms with E-state index in [1.807, 2.05) is 11.5 Å². The van der Waals surface area contributed by atoms with Crippen molar-refractivity contribution in [2.24, 2.45) is 4.99 Å². The molecule has 5 heteroatoms. The molecule has 0 saturated heterocycles. The average molecular weight is 180 g/mol. The Morgan fingerprint density at radius 1 is 1.77 bits per heavy atom. The summed E-state index contributed by atoms with van der Waals surface area (Å²) >= 11 is 0. The first-order chi connectivity index (χ1) is 6.33. The third-order valence-corrected chi connectivity index (χ3v) is 2.09. The van der Waals surface area contributed by atoms with Crippen LogP contribution in [0.5, 0.6) is 0 Å². The molecule has 5 nitrogen and oxygen atoms in total. The Morgan fingerprint density at radius 3 is 3.38 bits per heavy atom. The smallest absolute Gasteiger partial charge is 0.137 e.